The van der Waals surface area contributed by atoms with Crippen molar-refractivity contribution < 1.29 is 32.3 Å². The highest BCUT2D eigenvalue weighted by Crippen LogP contribution is 2.24. The molecule has 0 spiro atoms. The molecule has 31 heavy (non-hydrogen) atoms. The molecule has 0 heterocycles. The van der Waals surface area contributed by atoms with Crippen LogP contribution in [0.5, 0.6) is 0 Å². The van der Waals surface area contributed by atoms with Gasteiger partial charge >= 0.3 is 12.1 Å². The van der Waals surface area contributed by atoms with E-state index in [1.807, 2.05) is 0 Å². The van der Waals surface area contributed by atoms with Gasteiger partial charge in [0.25, 0.3) is 5.91 Å². The summed E-state index contributed by atoms with van der Waals surface area (Å²) in [5.74, 6) is -1.89. The van der Waals surface area contributed by atoms with E-state index in [2.05, 4.69) is 5.32 Å². The largest absolute Gasteiger partial charge is 0.452 e. The Labute approximate surface area is 183 Å². The topological polar surface area (TPSA) is 84.5 Å². The number of ether oxygens (including phenoxy) is 1. The van der Waals surface area contributed by atoms with Gasteiger partial charge in [0.1, 0.15) is 6.54 Å². The Bertz CT molecular complexity index is 750. The molecule has 0 aromatic heterocycles. The first kappa shape index (κ1) is 25.0. The fourth-order valence-electron chi connectivity index (χ4n) is 3.23. The summed E-state index contributed by atoms with van der Waals surface area (Å²) >= 11 is 1.17. The molecule has 172 valence electrons. The van der Waals surface area contributed by atoms with Crippen LogP contribution in [0.3, 0.4) is 0 Å². The standard InChI is InChI=1S/C21H27F3N2O4S/c22-21(23,24)14-25-18(27)12-30-20(29)16-10-6-7-11-17(16)31-13-19(28)26-15-8-4-2-1-3-5-9-15/h6-7,10-11,15H,1-5,8-9,12-14H2,(H,25,27)(H,26,28). The number of benzene rings is 1. The molecule has 1 fully saturated rings. The van der Waals surface area contributed by atoms with Gasteiger partial charge in [-0.1, -0.05) is 44.2 Å². The second-order valence-electron chi connectivity index (χ2n) is 7.36. The van der Waals surface area contributed by atoms with Gasteiger partial charge in [0, 0.05) is 10.9 Å². The zero-order chi connectivity index (χ0) is 22.7. The summed E-state index contributed by atoms with van der Waals surface area (Å²) in [7, 11) is 0. The molecule has 0 bridgehead atoms. The third-order valence-electron chi connectivity index (χ3n) is 4.76. The van der Waals surface area contributed by atoms with Crippen molar-refractivity contribution >= 4 is 29.5 Å². The van der Waals surface area contributed by atoms with Crippen molar-refractivity contribution in [3.05, 3.63) is 29.8 Å². The predicted molar refractivity (Wildman–Crippen MR) is 111 cm³/mol. The van der Waals surface area contributed by atoms with Gasteiger partial charge in [-0.05, 0) is 25.0 Å². The third kappa shape index (κ3) is 10.1. The van der Waals surface area contributed by atoms with E-state index in [0.29, 0.717) is 4.90 Å². The van der Waals surface area contributed by atoms with Crippen molar-refractivity contribution in [1.82, 2.24) is 10.6 Å². The van der Waals surface area contributed by atoms with Crippen LogP contribution < -0.4 is 10.6 Å². The number of hydrogen-bond acceptors (Lipinski definition) is 5. The molecule has 2 rings (SSSR count). The molecule has 0 radical (unpaired) electrons. The predicted octanol–water partition coefficient (Wildman–Crippen LogP) is 3.84. The fourth-order valence-corrected chi connectivity index (χ4v) is 4.08. The van der Waals surface area contributed by atoms with Crippen molar-refractivity contribution in [1.29, 1.82) is 0 Å². The molecule has 1 aromatic carbocycles. The van der Waals surface area contributed by atoms with Crippen molar-refractivity contribution in [2.24, 2.45) is 0 Å². The molecule has 6 nitrogen and oxygen atoms in total. The number of thioether (sulfide) groups is 1. The van der Waals surface area contributed by atoms with Gasteiger partial charge in [0.15, 0.2) is 6.61 Å². The highest BCUT2D eigenvalue weighted by atomic mass is 32.2. The number of hydrogen-bond donors (Lipinski definition) is 2. The lowest BCUT2D eigenvalue weighted by Crippen LogP contribution is -2.36. The Morgan fingerprint density at radius 3 is 2.32 bits per heavy atom. The number of halogens is 3. The van der Waals surface area contributed by atoms with Crippen LogP contribution in [0.15, 0.2) is 29.2 Å². The van der Waals surface area contributed by atoms with Gasteiger partial charge in [-0.2, -0.15) is 13.2 Å². The van der Waals surface area contributed by atoms with Crippen LogP contribution in [0.1, 0.15) is 55.3 Å². The van der Waals surface area contributed by atoms with Crippen LogP contribution in [0.2, 0.25) is 0 Å². The number of amides is 2. The lowest BCUT2D eigenvalue weighted by atomic mass is 9.97. The highest BCUT2D eigenvalue weighted by molar-refractivity contribution is 8.00. The number of esters is 1. The van der Waals surface area contributed by atoms with E-state index < -0.39 is 31.2 Å². The van der Waals surface area contributed by atoms with Gasteiger partial charge in [-0.15, -0.1) is 11.8 Å². The Morgan fingerprint density at radius 2 is 1.65 bits per heavy atom. The quantitative estimate of drug-likeness (QED) is 0.455. The van der Waals surface area contributed by atoms with Gasteiger partial charge < -0.3 is 15.4 Å². The number of carbonyl (C=O) groups excluding carboxylic acids is 3. The maximum Gasteiger partial charge on any atom is 0.405 e. The molecule has 10 heteroatoms. The zero-order valence-electron chi connectivity index (χ0n) is 17.1. The first-order chi connectivity index (χ1) is 14.7. The summed E-state index contributed by atoms with van der Waals surface area (Å²) in [6.07, 6.45) is 3.21. The average Bonchev–Trinajstić information content (AvgIpc) is 2.70. The molecule has 1 aromatic rings. The average molecular weight is 461 g/mol. The molecular formula is C21H27F3N2O4S. The first-order valence-electron chi connectivity index (χ1n) is 10.3. The van der Waals surface area contributed by atoms with E-state index in [1.165, 1.54) is 37.1 Å². The summed E-state index contributed by atoms with van der Waals surface area (Å²) in [4.78, 5) is 36.5. The molecule has 0 aliphatic heterocycles. The second-order valence-corrected chi connectivity index (χ2v) is 8.38. The van der Waals surface area contributed by atoms with Crippen LogP contribution in [0, 0.1) is 0 Å². The van der Waals surface area contributed by atoms with Crippen molar-refractivity contribution in [3.8, 4) is 0 Å². The van der Waals surface area contributed by atoms with Gasteiger partial charge in [0.2, 0.25) is 5.91 Å². The van der Waals surface area contributed by atoms with Gasteiger partial charge in [-0.25, -0.2) is 4.79 Å². The lowest BCUT2D eigenvalue weighted by Gasteiger charge is -2.21. The highest BCUT2D eigenvalue weighted by Gasteiger charge is 2.28. The molecule has 2 amide bonds. The molecule has 2 N–H and O–H groups in total. The minimum atomic E-state index is -4.54. The van der Waals surface area contributed by atoms with E-state index in [4.69, 9.17) is 4.74 Å². The Kier molecular flexibility index (Phi) is 10.2. The summed E-state index contributed by atoms with van der Waals surface area (Å²) in [6.45, 7) is -2.32. The lowest BCUT2D eigenvalue weighted by molar-refractivity contribution is -0.140. The molecule has 0 saturated heterocycles. The van der Waals surface area contributed by atoms with Crippen LogP contribution >= 0.6 is 11.8 Å². The third-order valence-corrected chi connectivity index (χ3v) is 5.83. The van der Waals surface area contributed by atoms with Gasteiger partial charge in [0.05, 0.1) is 11.3 Å². The SMILES string of the molecule is O=C(COC(=O)c1ccccc1SCC(=O)NC1CCCCCCC1)NCC(F)(F)F. The molecule has 0 unspecified atom stereocenters. The first-order valence-corrected chi connectivity index (χ1v) is 11.2. The Balaban J connectivity index is 1.83. The van der Waals surface area contributed by atoms with E-state index >= 15 is 0 Å². The van der Waals surface area contributed by atoms with E-state index in [-0.39, 0.29) is 23.3 Å². The van der Waals surface area contributed by atoms with E-state index in [0.717, 1.165) is 25.7 Å². The molecule has 1 aliphatic rings. The maximum atomic E-state index is 12.3. The number of nitrogens with one attached hydrogen (secondary N) is 2. The second kappa shape index (κ2) is 12.6. The minimum Gasteiger partial charge on any atom is -0.452 e. The van der Waals surface area contributed by atoms with E-state index in [1.54, 1.807) is 23.5 Å². The number of carbonyl (C=O) groups is 3. The van der Waals surface area contributed by atoms with Crippen LogP contribution in [0.25, 0.3) is 0 Å². The summed E-state index contributed by atoms with van der Waals surface area (Å²) in [5.41, 5.74) is 0.148. The van der Waals surface area contributed by atoms with Crippen LogP contribution in [0.4, 0.5) is 13.2 Å². The monoisotopic (exact) mass is 460 g/mol. The van der Waals surface area contributed by atoms with Gasteiger partial charge in [-0.3, -0.25) is 9.59 Å². The Morgan fingerprint density at radius 1 is 1.00 bits per heavy atom. The molecule has 1 aliphatic carbocycles. The summed E-state index contributed by atoms with van der Waals surface area (Å²) in [6, 6.07) is 6.59. The molecule has 1 saturated carbocycles. The summed E-state index contributed by atoms with van der Waals surface area (Å²) in [5, 5.41) is 4.68. The smallest absolute Gasteiger partial charge is 0.405 e. The minimum absolute atomic E-state index is 0.118. The van der Waals surface area contributed by atoms with E-state index in [9.17, 15) is 27.6 Å². The fraction of sp³-hybridized carbons (Fsp3) is 0.571. The number of rotatable bonds is 8. The zero-order valence-corrected chi connectivity index (χ0v) is 17.9. The van der Waals surface area contributed by atoms with Crippen molar-refractivity contribution in [3.63, 3.8) is 0 Å². The summed E-state index contributed by atoms with van der Waals surface area (Å²) < 4.78 is 41.2. The normalized spacial score (nSPS) is 15.5. The molecular weight excluding hydrogens is 433 g/mol. The van der Waals surface area contributed by atoms with Crippen molar-refractivity contribution in [2.45, 2.75) is 62.1 Å². The Hall–Kier alpha value is -2.23. The number of alkyl halides is 3. The van der Waals surface area contributed by atoms with Crippen LogP contribution in [-0.4, -0.2) is 48.9 Å². The molecule has 0 atom stereocenters. The van der Waals surface area contributed by atoms with Crippen molar-refractivity contribution in [2.75, 3.05) is 18.9 Å². The van der Waals surface area contributed by atoms with Crippen LogP contribution in [-0.2, 0) is 14.3 Å². The maximum absolute atomic E-state index is 12.3.